The Labute approximate surface area is 97.2 Å². The minimum Gasteiger partial charge on any atom is -0.390 e. The quantitative estimate of drug-likeness (QED) is 0.817. The monoisotopic (exact) mass is 263 g/mol. The van der Waals surface area contributed by atoms with Crippen molar-refractivity contribution in [2.24, 2.45) is 0 Å². The van der Waals surface area contributed by atoms with E-state index < -0.39 is 33.6 Å². The van der Waals surface area contributed by atoms with E-state index in [9.17, 15) is 22.3 Å². The Hall–Kier alpha value is -1.21. The van der Waals surface area contributed by atoms with Gasteiger partial charge in [-0.15, -0.1) is 0 Å². The molecule has 0 radical (unpaired) electrons. The van der Waals surface area contributed by atoms with Gasteiger partial charge in [-0.2, -0.15) is 0 Å². The third kappa shape index (κ3) is 2.73. The minimum absolute atomic E-state index is 0.147. The summed E-state index contributed by atoms with van der Waals surface area (Å²) in [5.74, 6) is -1.97. The molecule has 2 atom stereocenters. The predicted octanol–water partition coefficient (Wildman–Crippen LogP) is 0.535. The molecule has 2 unspecified atom stereocenters. The zero-order chi connectivity index (χ0) is 12.6. The highest BCUT2D eigenvalue weighted by molar-refractivity contribution is 7.91. The van der Waals surface area contributed by atoms with Gasteiger partial charge in [0.1, 0.15) is 11.6 Å². The van der Waals surface area contributed by atoms with Crippen molar-refractivity contribution in [1.82, 2.24) is 0 Å². The predicted molar refractivity (Wildman–Crippen MR) is 58.4 cm³/mol. The Morgan fingerprint density at radius 2 is 2.00 bits per heavy atom. The first-order valence-electron chi connectivity index (χ1n) is 4.97. The summed E-state index contributed by atoms with van der Waals surface area (Å²) in [5.41, 5.74) is -0.147. The summed E-state index contributed by atoms with van der Waals surface area (Å²) in [6, 6.07) is 2.01. The van der Waals surface area contributed by atoms with Crippen LogP contribution in [0.3, 0.4) is 0 Å². The van der Waals surface area contributed by atoms with Crippen molar-refractivity contribution in [3.63, 3.8) is 0 Å². The molecule has 1 fully saturated rings. The second-order valence-corrected chi connectivity index (χ2v) is 6.17. The first kappa shape index (κ1) is 12.3. The van der Waals surface area contributed by atoms with Crippen molar-refractivity contribution in [2.75, 3.05) is 16.8 Å². The van der Waals surface area contributed by atoms with Gasteiger partial charge < -0.3 is 10.4 Å². The zero-order valence-corrected chi connectivity index (χ0v) is 9.55. The molecule has 94 valence electrons. The molecule has 7 heteroatoms. The lowest BCUT2D eigenvalue weighted by Crippen LogP contribution is -2.32. The SMILES string of the molecule is O=S1(=O)CC(O)C(Nc2cc(F)ccc2F)C1. The maximum atomic E-state index is 13.3. The summed E-state index contributed by atoms with van der Waals surface area (Å²) < 4.78 is 48.6. The van der Waals surface area contributed by atoms with Crippen LogP contribution in [0, 0.1) is 11.6 Å². The molecule has 1 heterocycles. The van der Waals surface area contributed by atoms with Crippen LogP contribution in [0.2, 0.25) is 0 Å². The molecule has 0 spiro atoms. The van der Waals surface area contributed by atoms with E-state index in [1.54, 1.807) is 0 Å². The number of aliphatic hydroxyl groups excluding tert-OH is 1. The maximum Gasteiger partial charge on any atom is 0.155 e. The molecule has 2 N–H and O–H groups in total. The maximum absolute atomic E-state index is 13.3. The van der Waals surface area contributed by atoms with Gasteiger partial charge in [-0.3, -0.25) is 0 Å². The number of hydrogen-bond donors (Lipinski definition) is 2. The van der Waals surface area contributed by atoms with Crippen molar-refractivity contribution in [3.8, 4) is 0 Å². The molecule has 1 aliphatic rings. The van der Waals surface area contributed by atoms with Crippen LogP contribution in [0.5, 0.6) is 0 Å². The Morgan fingerprint density at radius 1 is 1.29 bits per heavy atom. The first-order valence-corrected chi connectivity index (χ1v) is 6.79. The first-order chi connectivity index (χ1) is 7.87. The molecular weight excluding hydrogens is 252 g/mol. The van der Waals surface area contributed by atoms with Gasteiger partial charge >= 0.3 is 0 Å². The van der Waals surface area contributed by atoms with E-state index >= 15 is 0 Å². The van der Waals surface area contributed by atoms with Gasteiger partial charge in [0.15, 0.2) is 9.84 Å². The largest absolute Gasteiger partial charge is 0.390 e. The summed E-state index contributed by atoms with van der Waals surface area (Å²) in [5, 5.41) is 12.0. The van der Waals surface area contributed by atoms with Gasteiger partial charge in [-0.1, -0.05) is 0 Å². The molecule has 1 saturated heterocycles. The number of nitrogens with one attached hydrogen (secondary N) is 1. The molecule has 17 heavy (non-hydrogen) atoms. The van der Waals surface area contributed by atoms with Crippen LogP contribution in [-0.4, -0.2) is 37.2 Å². The van der Waals surface area contributed by atoms with E-state index in [0.717, 1.165) is 18.2 Å². The van der Waals surface area contributed by atoms with Gasteiger partial charge in [-0.05, 0) is 18.2 Å². The molecule has 1 aliphatic heterocycles. The van der Waals surface area contributed by atoms with Crippen LogP contribution < -0.4 is 5.32 Å². The van der Waals surface area contributed by atoms with Gasteiger partial charge in [0.2, 0.25) is 0 Å². The Kier molecular flexibility index (Phi) is 3.05. The van der Waals surface area contributed by atoms with E-state index in [0.29, 0.717) is 0 Å². The second-order valence-electron chi connectivity index (χ2n) is 4.02. The Morgan fingerprint density at radius 3 is 2.59 bits per heavy atom. The highest BCUT2D eigenvalue weighted by Gasteiger charge is 2.36. The van der Waals surface area contributed by atoms with E-state index in [-0.39, 0.29) is 17.2 Å². The molecule has 0 aliphatic carbocycles. The van der Waals surface area contributed by atoms with Crippen LogP contribution in [-0.2, 0) is 9.84 Å². The summed E-state index contributed by atoms with van der Waals surface area (Å²) in [7, 11) is -3.32. The van der Waals surface area contributed by atoms with Crippen molar-refractivity contribution in [3.05, 3.63) is 29.8 Å². The number of anilines is 1. The van der Waals surface area contributed by atoms with Crippen molar-refractivity contribution in [1.29, 1.82) is 0 Å². The van der Waals surface area contributed by atoms with Gasteiger partial charge in [0.05, 0.1) is 29.3 Å². The van der Waals surface area contributed by atoms with Gasteiger partial charge in [0, 0.05) is 0 Å². The summed E-state index contributed by atoms with van der Waals surface area (Å²) in [4.78, 5) is 0. The summed E-state index contributed by atoms with van der Waals surface area (Å²) in [6.07, 6.45) is -1.11. The standard InChI is InChI=1S/C10H11F2NO3S/c11-6-1-2-7(12)8(3-6)13-9-4-17(15,16)5-10(9)14/h1-3,9-10,13-14H,4-5H2. The number of hydrogen-bond acceptors (Lipinski definition) is 4. The normalized spacial score (nSPS) is 27.0. The molecule has 0 saturated carbocycles. The highest BCUT2D eigenvalue weighted by atomic mass is 32.2. The molecule has 0 bridgehead atoms. The Balaban J connectivity index is 2.19. The van der Waals surface area contributed by atoms with Crippen LogP contribution >= 0.6 is 0 Å². The molecule has 0 aromatic heterocycles. The fraction of sp³-hybridized carbons (Fsp3) is 0.400. The lowest BCUT2D eigenvalue weighted by atomic mass is 10.2. The van der Waals surface area contributed by atoms with Gasteiger partial charge in [0.25, 0.3) is 0 Å². The Bertz CT molecular complexity index is 532. The van der Waals surface area contributed by atoms with Crippen LogP contribution in [0.15, 0.2) is 18.2 Å². The molecule has 0 amide bonds. The van der Waals surface area contributed by atoms with E-state index in [1.807, 2.05) is 0 Å². The van der Waals surface area contributed by atoms with Gasteiger partial charge in [-0.25, -0.2) is 17.2 Å². The molecule has 2 rings (SSSR count). The molecular formula is C10H11F2NO3S. The topological polar surface area (TPSA) is 66.4 Å². The average Bonchev–Trinajstić information content (AvgIpc) is 2.46. The van der Waals surface area contributed by atoms with Crippen LogP contribution in [0.4, 0.5) is 14.5 Å². The number of aliphatic hydroxyl groups is 1. The number of sulfone groups is 1. The molecule has 4 nitrogen and oxygen atoms in total. The number of benzene rings is 1. The van der Waals surface area contributed by atoms with Crippen LogP contribution in [0.25, 0.3) is 0 Å². The number of halogens is 2. The average molecular weight is 263 g/mol. The number of rotatable bonds is 2. The minimum atomic E-state index is -3.32. The fourth-order valence-corrected chi connectivity index (χ4v) is 3.52. The van der Waals surface area contributed by atoms with E-state index in [2.05, 4.69) is 5.32 Å². The zero-order valence-electron chi connectivity index (χ0n) is 8.73. The van der Waals surface area contributed by atoms with Crippen LogP contribution in [0.1, 0.15) is 0 Å². The summed E-state index contributed by atoms with van der Waals surface area (Å²) >= 11 is 0. The fourth-order valence-electron chi connectivity index (χ4n) is 1.77. The van der Waals surface area contributed by atoms with Crippen molar-refractivity contribution in [2.45, 2.75) is 12.1 Å². The van der Waals surface area contributed by atoms with Crippen molar-refractivity contribution < 1.29 is 22.3 Å². The van der Waals surface area contributed by atoms with Crippen molar-refractivity contribution >= 4 is 15.5 Å². The smallest absolute Gasteiger partial charge is 0.155 e. The third-order valence-corrected chi connectivity index (χ3v) is 4.31. The summed E-state index contributed by atoms with van der Waals surface area (Å²) in [6.45, 7) is 0. The van der Waals surface area contributed by atoms with E-state index in [1.165, 1.54) is 0 Å². The third-order valence-electron chi connectivity index (χ3n) is 2.59. The lowest BCUT2D eigenvalue weighted by Gasteiger charge is -2.16. The molecule has 1 aromatic rings. The lowest BCUT2D eigenvalue weighted by molar-refractivity contribution is 0.190. The van der Waals surface area contributed by atoms with E-state index in [4.69, 9.17) is 0 Å². The second kappa shape index (κ2) is 4.23. The molecule has 1 aromatic carbocycles. The highest BCUT2D eigenvalue weighted by Crippen LogP contribution is 2.21.